The van der Waals surface area contributed by atoms with Crippen LogP contribution in [-0.2, 0) is 11.3 Å². The maximum Gasteiger partial charge on any atom is 0.269 e. The quantitative estimate of drug-likeness (QED) is 0.556. The molecular formula is C21H18Cl2N2O2. The van der Waals surface area contributed by atoms with Gasteiger partial charge in [-0.15, -0.1) is 0 Å². The zero-order chi connectivity index (χ0) is 19.2. The Kier molecular flexibility index (Phi) is 6.32. The Morgan fingerprint density at radius 2 is 1.81 bits per heavy atom. The number of hydrogen-bond donors (Lipinski definition) is 0. The summed E-state index contributed by atoms with van der Waals surface area (Å²) in [5, 5.41) is 0.861. The van der Waals surface area contributed by atoms with Gasteiger partial charge in [-0.1, -0.05) is 59.6 Å². The van der Waals surface area contributed by atoms with Gasteiger partial charge in [-0.2, -0.15) is 0 Å². The standard InChI is InChI=1S/C21H18Cl2N2O2/c1-15(27-19-11-10-17(22)13-18(19)23)21(26)25(20-9-5-6-12-24-20)14-16-7-3-2-4-8-16/h2-13,15H,14H2,1H3. The average molecular weight is 401 g/mol. The van der Waals surface area contributed by atoms with Crippen molar-refractivity contribution in [2.75, 3.05) is 4.90 Å². The van der Waals surface area contributed by atoms with Crippen LogP contribution in [0.2, 0.25) is 10.0 Å². The zero-order valence-electron chi connectivity index (χ0n) is 14.7. The summed E-state index contributed by atoms with van der Waals surface area (Å²) in [6, 6.07) is 20.1. The third-order valence-corrected chi connectivity index (χ3v) is 4.45. The summed E-state index contributed by atoms with van der Waals surface area (Å²) < 4.78 is 5.79. The largest absolute Gasteiger partial charge is 0.479 e. The van der Waals surface area contributed by atoms with E-state index in [-0.39, 0.29) is 5.91 Å². The first-order valence-corrected chi connectivity index (χ1v) is 9.18. The van der Waals surface area contributed by atoms with Gasteiger partial charge in [0.15, 0.2) is 6.10 Å². The summed E-state index contributed by atoms with van der Waals surface area (Å²) in [5.74, 6) is 0.746. The maximum atomic E-state index is 13.1. The van der Waals surface area contributed by atoms with Crippen molar-refractivity contribution in [1.82, 2.24) is 4.98 Å². The lowest BCUT2D eigenvalue weighted by Crippen LogP contribution is -2.40. The van der Waals surface area contributed by atoms with Crippen LogP contribution >= 0.6 is 23.2 Å². The van der Waals surface area contributed by atoms with Gasteiger partial charge >= 0.3 is 0 Å². The van der Waals surface area contributed by atoms with E-state index in [0.717, 1.165) is 5.56 Å². The number of rotatable bonds is 6. The van der Waals surface area contributed by atoms with Crippen LogP contribution in [0.5, 0.6) is 5.75 Å². The molecule has 6 heteroatoms. The van der Waals surface area contributed by atoms with Crippen LogP contribution in [0.3, 0.4) is 0 Å². The second-order valence-electron chi connectivity index (χ2n) is 5.93. The average Bonchev–Trinajstić information content (AvgIpc) is 2.69. The van der Waals surface area contributed by atoms with E-state index in [1.54, 1.807) is 42.3 Å². The first-order chi connectivity index (χ1) is 13.0. The van der Waals surface area contributed by atoms with Crippen molar-refractivity contribution in [3.05, 3.63) is 88.5 Å². The number of nitrogens with zero attached hydrogens (tertiary/aromatic N) is 2. The molecular weight excluding hydrogens is 383 g/mol. The normalized spacial score (nSPS) is 11.7. The van der Waals surface area contributed by atoms with Crippen LogP contribution in [-0.4, -0.2) is 17.0 Å². The minimum absolute atomic E-state index is 0.219. The number of hydrogen-bond acceptors (Lipinski definition) is 3. The molecule has 138 valence electrons. The fraction of sp³-hybridized carbons (Fsp3) is 0.143. The summed E-state index contributed by atoms with van der Waals surface area (Å²) in [6.45, 7) is 2.08. The number of benzene rings is 2. The summed E-state index contributed by atoms with van der Waals surface area (Å²) in [4.78, 5) is 19.0. The monoisotopic (exact) mass is 400 g/mol. The van der Waals surface area contributed by atoms with Gasteiger partial charge in [0.05, 0.1) is 11.6 Å². The first kappa shape index (κ1) is 19.2. The molecule has 1 aromatic heterocycles. The Hall–Kier alpha value is -2.56. The van der Waals surface area contributed by atoms with Gasteiger partial charge in [0, 0.05) is 11.2 Å². The highest BCUT2D eigenvalue weighted by molar-refractivity contribution is 6.35. The van der Waals surface area contributed by atoms with Crippen LogP contribution in [0.1, 0.15) is 12.5 Å². The molecule has 3 aromatic rings. The number of carbonyl (C=O) groups excluding carboxylic acids is 1. The zero-order valence-corrected chi connectivity index (χ0v) is 16.2. The first-order valence-electron chi connectivity index (χ1n) is 8.42. The van der Waals surface area contributed by atoms with Gasteiger partial charge in [-0.05, 0) is 42.8 Å². The Morgan fingerprint density at radius 3 is 2.48 bits per heavy atom. The Labute approximate surface area is 168 Å². The highest BCUT2D eigenvalue weighted by Crippen LogP contribution is 2.29. The third-order valence-electron chi connectivity index (χ3n) is 3.92. The van der Waals surface area contributed by atoms with Crippen molar-refractivity contribution >= 4 is 34.9 Å². The van der Waals surface area contributed by atoms with Crippen molar-refractivity contribution in [3.63, 3.8) is 0 Å². The van der Waals surface area contributed by atoms with E-state index < -0.39 is 6.10 Å². The van der Waals surface area contributed by atoms with E-state index in [1.165, 1.54) is 0 Å². The van der Waals surface area contributed by atoms with Crippen LogP contribution in [0.15, 0.2) is 72.9 Å². The Bertz CT molecular complexity index is 905. The van der Waals surface area contributed by atoms with Gasteiger partial charge in [0.1, 0.15) is 11.6 Å². The summed E-state index contributed by atoms with van der Waals surface area (Å²) in [6.07, 6.45) is 0.900. The molecule has 1 unspecified atom stereocenters. The molecule has 0 aliphatic rings. The van der Waals surface area contributed by atoms with Gasteiger partial charge < -0.3 is 4.74 Å². The van der Waals surface area contributed by atoms with Crippen LogP contribution in [0, 0.1) is 0 Å². The molecule has 0 fully saturated rings. The molecule has 3 rings (SSSR count). The number of ether oxygens (including phenoxy) is 1. The molecule has 1 heterocycles. The molecule has 0 aliphatic carbocycles. The predicted octanol–water partition coefficient (Wildman–Crippen LogP) is 5.39. The molecule has 1 amide bonds. The van der Waals surface area contributed by atoms with E-state index in [4.69, 9.17) is 27.9 Å². The number of halogens is 2. The number of anilines is 1. The van der Waals surface area contributed by atoms with Crippen molar-refractivity contribution in [2.24, 2.45) is 0 Å². The van der Waals surface area contributed by atoms with Gasteiger partial charge in [-0.25, -0.2) is 4.98 Å². The molecule has 4 nitrogen and oxygen atoms in total. The lowest BCUT2D eigenvalue weighted by atomic mass is 10.2. The minimum Gasteiger partial charge on any atom is -0.479 e. The predicted molar refractivity (Wildman–Crippen MR) is 108 cm³/mol. The van der Waals surface area contributed by atoms with Crippen LogP contribution in [0.4, 0.5) is 5.82 Å². The molecule has 0 radical (unpaired) electrons. The molecule has 0 saturated heterocycles. The van der Waals surface area contributed by atoms with Gasteiger partial charge in [-0.3, -0.25) is 9.69 Å². The topological polar surface area (TPSA) is 42.4 Å². The van der Waals surface area contributed by atoms with Crippen molar-refractivity contribution in [2.45, 2.75) is 19.6 Å². The second kappa shape index (κ2) is 8.89. The van der Waals surface area contributed by atoms with E-state index in [2.05, 4.69) is 4.98 Å². The molecule has 0 aliphatic heterocycles. The SMILES string of the molecule is CC(Oc1ccc(Cl)cc1Cl)C(=O)N(Cc1ccccc1)c1ccccn1. The van der Waals surface area contributed by atoms with E-state index >= 15 is 0 Å². The molecule has 27 heavy (non-hydrogen) atoms. The fourth-order valence-corrected chi connectivity index (χ4v) is 3.04. The number of pyridine rings is 1. The van der Waals surface area contributed by atoms with E-state index in [0.29, 0.717) is 28.2 Å². The number of aromatic nitrogens is 1. The third kappa shape index (κ3) is 5.00. The smallest absolute Gasteiger partial charge is 0.269 e. The molecule has 0 bridgehead atoms. The second-order valence-corrected chi connectivity index (χ2v) is 6.78. The number of carbonyl (C=O) groups is 1. The lowest BCUT2D eigenvalue weighted by molar-refractivity contribution is -0.124. The molecule has 1 atom stereocenters. The van der Waals surface area contributed by atoms with E-state index in [9.17, 15) is 4.79 Å². The molecule has 0 spiro atoms. The summed E-state index contributed by atoms with van der Waals surface area (Å²) >= 11 is 12.1. The lowest BCUT2D eigenvalue weighted by Gasteiger charge is -2.25. The minimum atomic E-state index is -0.755. The molecule has 0 N–H and O–H groups in total. The fourth-order valence-electron chi connectivity index (χ4n) is 2.58. The van der Waals surface area contributed by atoms with Crippen molar-refractivity contribution in [1.29, 1.82) is 0 Å². The Balaban J connectivity index is 1.83. The van der Waals surface area contributed by atoms with Crippen LogP contribution < -0.4 is 9.64 Å². The van der Waals surface area contributed by atoms with Gasteiger partial charge in [0.25, 0.3) is 5.91 Å². The van der Waals surface area contributed by atoms with Crippen LogP contribution in [0.25, 0.3) is 0 Å². The summed E-state index contributed by atoms with van der Waals surface area (Å²) in [7, 11) is 0. The number of amides is 1. The maximum absolute atomic E-state index is 13.1. The summed E-state index contributed by atoms with van der Waals surface area (Å²) in [5.41, 5.74) is 0.994. The molecule has 0 saturated carbocycles. The van der Waals surface area contributed by atoms with E-state index in [1.807, 2.05) is 42.5 Å². The van der Waals surface area contributed by atoms with Crippen molar-refractivity contribution in [3.8, 4) is 5.75 Å². The molecule has 2 aromatic carbocycles. The van der Waals surface area contributed by atoms with Gasteiger partial charge in [0.2, 0.25) is 0 Å². The highest BCUT2D eigenvalue weighted by atomic mass is 35.5. The highest BCUT2D eigenvalue weighted by Gasteiger charge is 2.25. The van der Waals surface area contributed by atoms with Crippen molar-refractivity contribution < 1.29 is 9.53 Å². The Morgan fingerprint density at radius 1 is 1.07 bits per heavy atom.